The van der Waals surface area contributed by atoms with Crippen molar-refractivity contribution in [3.8, 4) is 0 Å². The molecule has 0 aromatic heterocycles. The summed E-state index contributed by atoms with van der Waals surface area (Å²) in [5.74, 6) is 0. The van der Waals surface area contributed by atoms with Gasteiger partial charge in [0.2, 0.25) is 0 Å². The summed E-state index contributed by atoms with van der Waals surface area (Å²) in [6.45, 7) is 2.13. The van der Waals surface area contributed by atoms with Crippen LogP contribution in [0.5, 0.6) is 0 Å². The lowest BCUT2D eigenvalue weighted by molar-refractivity contribution is 0.833. The third-order valence-electron chi connectivity index (χ3n) is 2.68. The largest absolute Gasteiger partial charge is 0.353 e. The van der Waals surface area contributed by atoms with E-state index in [2.05, 4.69) is 41.5 Å². The van der Waals surface area contributed by atoms with Gasteiger partial charge in [0.25, 0.3) is 0 Å². The highest BCUT2D eigenvalue weighted by Crippen LogP contribution is 2.24. The molecule has 1 aliphatic carbocycles. The van der Waals surface area contributed by atoms with Gasteiger partial charge in [0.05, 0.1) is 12.4 Å². The van der Waals surface area contributed by atoms with Crippen molar-refractivity contribution in [3.63, 3.8) is 0 Å². The molecule has 0 bridgehead atoms. The summed E-state index contributed by atoms with van der Waals surface area (Å²) < 4.78 is 0. The second kappa shape index (κ2) is 4.78. The quantitative estimate of drug-likeness (QED) is 0.691. The molecule has 1 heterocycles. The number of aliphatic imine (C=N–C) groups is 1. The first-order valence-corrected chi connectivity index (χ1v) is 5.38. The van der Waals surface area contributed by atoms with Crippen molar-refractivity contribution in [2.75, 3.05) is 0 Å². The normalized spacial score (nSPS) is 30.6. The van der Waals surface area contributed by atoms with Crippen LogP contribution >= 0.6 is 0 Å². The summed E-state index contributed by atoms with van der Waals surface area (Å²) in [7, 11) is 0. The SMILES string of the molecule is CC1N=CN/C=C\C=C/1C1=CC=CCC1. The maximum Gasteiger partial charge on any atom is 0.0870 e. The average molecular weight is 200 g/mol. The second-order valence-electron chi connectivity index (χ2n) is 3.76. The van der Waals surface area contributed by atoms with Crippen LogP contribution in [0.25, 0.3) is 0 Å². The summed E-state index contributed by atoms with van der Waals surface area (Å²) in [5, 5.41) is 2.99. The van der Waals surface area contributed by atoms with Crippen LogP contribution in [0.4, 0.5) is 0 Å². The molecule has 1 atom stereocenters. The molecule has 0 fully saturated rings. The van der Waals surface area contributed by atoms with Crippen molar-refractivity contribution in [3.05, 3.63) is 47.7 Å². The minimum atomic E-state index is 0.236. The molecule has 0 amide bonds. The monoisotopic (exact) mass is 200 g/mol. The zero-order valence-electron chi connectivity index (χ0n) is 8.98. The number of nitrogens with one attached hydrogen (secondary N) is 1. The number of rotatable bonds is 1. The van der Waals surface area contributed by atoms with Gasteiger partial charge in [-0.15, -0.1) is 0 Å². The summed E-state index contributed by atoms with van der Waals surface area (Å²) in [6, 6.07) is 0.236. The Morgan fingerprint density at radius 1 is 1.33 bits per heavy atom. The minimum absolute atomic E-state index is 0.236. The van der Waals surface area contributed by atoms with Crippen molar-refractivity contribution in [2.24, 2.45) is 4.99 Å². The standard InChI is InChI=1S/C13H16N2/c1-11-13(8-5-9-14-10-15-11)12-6-3-2-4-7-12/h2-3,5-6,8-11H,4,7H2,1H3,(H,14,15)/b9-5-,13-8+. The van der Waals surface area contributed by atoms with Gasteiger partial charge in [-0.1, -0.05) is 24.3 Å². The lowest BCUT2D eigenvalue weighted by atomic mass is 9.92. The first kappa shape index (κ1) is 9.97. The molecular formula is C13H16N2. The minimum Gasteiger partial charge on any atom is -0.353 e. The number of hydrogen-bond acceptors (Lipinski definition) is 2. The third-order valence-corrected chi connectivity index (χ3v) is 2.68. The van der Waals surface area contributed by atoms with E-state index < -0.39 is 0 Å². The van der Waals surface area contributed by atoms with Crippen LogP contribution in [0, 0.1) is 0 Å². The van der Waals surface area contributed by atoms with Gasteiger partial charge in [0.1, 0.15) is 0 Å². The first-order chi connectivity index (χ1) is 7.38. The molecule has 0 radical (unpaired) electrons. The molecule has 78 valence electrons. The summed E-state index contributed by atoms with van der Waals surface area (Å²) in [5.41, 5.74) is 2.74. The maximum atomic E-state index is 4.42. The highest BCUT2D eigenvalue weighted by atomic mass is 14.9. The zero-order chi connectivity index (χ0) is 10.5. The fourth-order valence-electron chi connectivity index (χ4n) is 1.84. The Morgan fingerprint density at radius 3 is 3.07 bits per heavy atom. The smallest absolute Gasteiger partial charge is 0.0870 e. The van der Waals surface area contributed by atoms with E-state index in [9.17, 15) is 0 Å². The Balaban J connectivity index is 2.28. The molecule has 2 heteroatoms. The summed E-state index contributed by atoms with van der Waals surface area (Å²) in [6.07, 6.45) is 16.7. The fourth-order valence-corrected chi connectivity index (χ4v) is 1.84. The lowest BCUT2D eigenvalue weighted by Crippen LogP contribution is -2.12. The maximum absolute atomic E-state index is 4.42. The molecule has 1 N–H and O–H groups in total. The van der Waals surface area contributed by atoms with Gasteiger partial charge < -0.3 is 5.32 Å². The van der Waals surface area contributed by atoms with E-state index in [0.717, 1.165) is 12.8 Å². The highest BCUT2D eigenvalue weighted by molar-refractivity contribution is 5.58. The van der Waals surface area contributed by atoms with Crippen LogP contribution in [0.2, 0.25) is 0 Å². The van der Waals surface area contributed by atoms with Gasteiger partial charge in [-0.3, -0.25) is 4.99 Å². The van der Waals surface area contributed by atoms with E-state index in [4.69, 9.17) is 0 Å². The molecule has 0 aromatic rings. The zero-order valence-corrected chi connectivity index (χ0v) is 8.98. The molecule has 0 aromatic carbocycles. The van der Waals surface area contributed by atoms with Gasteiger partial charge in [-0.05, 0) is 37.0 Å². The predicted molar refractivity (Wildman–Crippen MR) is 64.8 cm³/mol. The fraction of sp³-hybridized carbons (Fsp3) is 0.308. The molecule has 0 saturated carbocycles. The molecule has 1 unspecified atom stereocenters. The van der Waals surface area contributed by atoms with Crippen molar-refractivity contribution >= 4 is 6.34 Å². The number of nitrogens with zero attached hydrogens (tertiary/aromatic N) is 1. The molecule has 0 spiro atoms. The van der Waals surface area contributed by atoms with Gasteiger partial charge in [0.15, 0.2) is 0 Å². The molecule has 0 saturated heterocycles. The van der Waals surface area contributed by atoms with Crippen LogP contribution < -0.4 is 5.32 Å². The summed E-state index contributed by atoms with van der Waals surface area (Å²) in [4.78, 5) is 4.42. The molecular weight excluding hydrogens is 184 g/mol. The average Bonchev–Trinajstić information content (AvgIpc) is 2.25. The highest BCUT2D eigenvalue weighted by Gasteiger charge is 2.12. The Bertz CT molecular complexity index is 370. The Hall–Kier alpha value is -1.57. The van der Waals surface area contributed by atoms with Gasteiger partial charge >= 0.3 is 0 Å². The van der Waals surface area contributed by atoms with E-state index in [1.165, 1.54) is 11.1 Å². The topological polar surface area (TPSA) is 24.4 Å². The van der Waals surface area contributed by atoms with E-state index in [1.54, 1.807) is 6.34 Å². The molecule has 2 aliphatic rings. The van der Waals surface area contributed by atoms with Crippen LogP contribution in [-0.2, 0) is 0 Å². The van der Waals surface area contributed by atoms with E-state index in [0.29, 0.717) is 0 Å². The lowest BCUT2D eigenvalue weighted by Gasteiger charge is -2.17. The Kier molecular flexibility index (Phi) is 3.18. The molecule has 1 aliphatic heterocycles. The number of allylic oxidation sites excluding steroid dienone is 5. The Labute approximate surface area is 90.8 Å². The van der Waals surface area contributed by atoms with E-state index >= 15 is 0 Å². The molecule has 15 heavy (non-hydrogen) atoms. The number of hydrogen-bond donors (Lipinski definition) is 1. The van der Waals surface area contributed by atoms with Crippen molar-refractivity contribution < 1.29 is 0 Å². The second-order valence-corrected chi connectivity index (χ2v) is 3.76. The Morgan fingerprint density at radius 2 is 2.27 bits per heavy atom. The van der Waals surface area contributed by atoms with Crippen molar-refractivity contribution in [1.29, 1.82) is 0 Å². The predicted octanol–water partition coefficient (Wildman–Crippen LogP) is 2.72. The molecule has 2 rings (SSSR count). The van der Waals surface area contributed by atoms with Crippen molar-refractivity contribution in [2.45, 2.75) is 25.8 Å². The third kappa shape index (κ3) is 2.46. The van der Waals surface area contributed by atoms with Crippen LogP contribution in [0.3, 0.4) is 0 Å². The van der Waals surface area contributed by atoms with Crippen molar-refractivity contribution in [1.82, 2.24) is 5.32 Å². The summed E-state index contributed by atoms with van der Waals surface area (Å²) >= 11 is 0. The van der Waals surface area contributed by atoms with Gasteiger partial charge in [-0.2, -0.15) is 0 Å². The van der Waals surface area contributed by atoms with E-state index in [-0.39, 0.29) is 6.04 Å². The van der Waals surface area contributed by atoms with Crippen LogP contribution in [-0.4, -0.2) is 12.4 Å². The van der Waals surface area contributed by atoms with Gasteiger partial charge in [0, 0.05) is 6.20 Å². The van der Waals surface area contributed by atoms with Crippen LogP contribution in [0.1, 0.15) is 19.8 Å². The van der Waals surface area contributed by atoms with Crippen LogP contribution in [0.15, 0.2) is 52.7 Å². The first-order valence-electron chi connectivity index (χ1n) is 5.38. The van der Waals surface area contributed by atoms with E-state index in [1.807, 2.05) is 12.3 Å². The van der Waals surface area contributed by atoms with Gasteiger partial charge in [-0.25, -0.2) is 0 Å². The molecule has 2 nitrogen and oxygen atoms in total.